The lowest BCUT2D eigenvalue weighted by Gasteiger charge is -1.92. The summed E-state index contributed by atoms with van der Waals surface area (Å²) in [5, 5.41) is 3.55. The van der Waals surface area contributed by atoms with Gasteiger partial charge in [0.2, 0.25) is 0 Å². The Morgan fingerprint density at radius 1 is 1.69 bits per heavy atom. The van der Waals surface area contributed by atoms with Gasteiger partial charge in [0.25, 0.3) is 5.89 Å². The molecule has 0 atom stereocenters. The topological polar surface area (TPSA) is 65.2 Å². The molecular weight excluding hydrogens is 172 g/mol. The Bertz CT molecular complexity index is 317. The number of nitrogens with zero attached hydrogens (tertiary/aromatic N) is 2. The minimum absolute atomic E-state index is 0.297. The third-order valence-electron chi connectivity index (χ3n) is 1.19. The van der Waals surface area contributed by atoms with Crippen LogP contribution in [0.2, 0.25) is 0 Å². The number of carbonyl (C=O) groups is 1. The first-order valence-electron chi connectivity index (χ1n) is 3.87. The number of esters is 1. The monoisotopic (exact) mass is 182 g/mol. The van der Waals surface area contributed by atoms with Crippen molar-refractivity contribution in [1.82, 2.24) is 10.1 Å². The van der Waals surface area contributed by atoms with E-state index in [0.29, 0.717) is 18.3 Å². The zero-order valence-electron chi connectivity index (χ0n) is 7.48. The van der Waals surface area contributed by atoms with E-state index in [1.165, 1.54) is 12.2 Å². The van der Waals surface area contributed by atoms with Crippen LogP contribution in [0.15, 0.2) is 10.6 Å². The quantitative estimate of drug-likeness (QED) is 0.514. The van der Waals surface area contributed by atoms with Gasteiger partial charge in [-0.2, -0.15) is 4.98 Å². The van der Waals surface area contributed by atoms with E-state index in [0.717, 1.165) is 0 Å². The first kappa shape index (κ1) is 9.44. The fraction of sp³-hybridized carbons (Fsp3) is 0.375. The van der Waals surface area contributed by atoms with Gasteiger partial charge in [0.1, 0.15) is 0 Å². The van der Waals surface area contributed by atoms with Gasteiger partial charge < -0.3 is 9.26 Å². The summed E-state index contributed by atoms with van der Waals surface area (Å²) in [5.74, 6) is 0.410. The molecule has 1 aromatic rings. The van der Waals surface area contributed by atoms with Crippen molar-refractivity contribution >= 4 is 12.0 Å². The van der Waals surface area contributed by atoms with Crippen LogP contribution >= 0.6 is 0 Å². The van der Waals surface area contributed by atoms with Crippen LogP contribution in [0, 0.1) is 6.92 Å². The second kappa shape index (κ2) is 4.39. The van der Waals surface area contributed by atoms with E-state index in [1.807, 2.05) is 0 Å². The highest BCUT2D eigenvalue weighted by molar-refractivity contribution is 5.86. The van der Waals surface area contributed by atoms with Crippen LogP contribution in [0.1, 0.15) is 18.6 Å². The van der Waals surface area contributed by atoms with Crippen molar-refractivity contribution < 1.29 is 14.1 Å². The van der Waals surface area contributed by atoms with E-state index in [9.17, 15) is 4.79 Å². The Hall–Kier alpha value is -1.65. The second-order valence-electron chi connectivity index (χ2n) is 2.27. The highest BCUT2D eigenvalue weighted by Gasteiger charge is 1.98. The summed E-state index contributed by atoms with van der Waals surface area (Å²) >= 11 is 0. The smallest absolute Gasteiger partial charge is 0.330 e. The lowest BCUT2D eigenvalue weighted by atomic mass is 10.5. The Kier molecular flexibility index (Phi) is 3.19. The SMILES string of the molecule is CCOC(=O)/C=C/c1nc(C)no1. The lowest BCUT2D eigenvalue weighted by Crippen LogP contribution is -1.98. The van der Waals surface area contributed by atoms with Crippen LogP contribution in [-0.2, 0) is 9.53 Å². The highest BCUT2D eigenvalue weighted by Crippen LogP contribution is 1.98. The highest BCUT2D eigenvalue weighted by atomic mass is 16.5. The number of aromatic nitrogens is 2. The molecule has 0 aliphatic heterocycles. The van der Waals surface area contributed by atoms with Gasteiger partial charge in [0, 0.05) is 12.2 Å². The molecule has 0 bridgehead atoms. The molecule has 0 fully saturated rings. The Balaban J connectivity index is 2.53. The number of carbonyl (C=O) groups excluding carboxylic acids is 1. The van der Waals surface area contributed by atoms with E-state index in [2.05, 4.69) is 14.9 Å². The molecule has 0 spiro atoms. The maximum atomic E-state index is 10.8. The number of ether oxygens (including phenoxy) is 1. The normalized spacial score (nSPS) is 10.6. The molecule has 13 heavy (non-hydrogen) atoms. The number of aryl methyl sites for hydroxylation is 1. The Morgan fingerprint density at radius 2 is 2.46 bits per heavy atom. The zero-order valence-corrected chi connectivity index (χ0v) is 7.48. The van der Waals surface area contributed by atoms with Crippen LogP contribution in [-0.4, -0.2) is 22.7 Å². The van der Waals surface area contributed by atoms with Gasteiger partial charge in [-0.3, -0.25) is 0 Å². The molecule has 0 radical (unpaired) electrons. The van der Waals surface area contributed by atoms with E-state index in [4.69, 9.17) is 4.52 Å². The fourth-order valence-electron chi connectivity index (χ4n) is 0.711. The van der Waals surface area contributed by atoms with Gasteiger partial charge >= 0.3 is 5.97 Å². The van der Waals surface area contributed by atoms with Crippen molar-refractivity contribution in [3.63, 3.8) is 0 Å². The summed E-state index contributed by atoms with van der Waals surface area (Å²) in [6.45, 7) is 3.79. The first-order chi connectivity index (χ1) is 6.22. The molecule has 0 amide bonds. The molecular formula is C8H10N2O3. The van der Waals surface area contributed by atoms with Gasteiger partial charge in [0.15, 0.2) is 5.82 Å². The van der Waals surface area contributed by atoms with E-state index < -0.39 is 5.97 Å². The molecule has 0 aromatic carbocycles. The molecule has 70 valence electrons. The molecule has 1 aromatic heterocycles. The average molecular weight is 182 g/mol. The van der Waals surface area contributed by atoms with Crippen LogP contribution in [0.25, 0.3) is 6.08 Å². The van der Waals surface area contributed by atoms with Crippen molar-refractivity contribution in [3.05, 3.63) is 17.8 Å². The summed E-state index contributed by atoms with van der Waals surface area (Å²) in [7, 11) is 0. The minimum atomic E-state index is -0.418. The molecule has 0 aliphatic rings. The summed E-state index contributed by atoms with van der Waals surface area (Å²) in [6.07, 6.45) is 2.66. The predicted molar refractivity (Wildman–Crippen MR) is 44.7 cm³/mol. The minimum Gasteiger partial charge on any atom is -0.463 e. The van der Waals surface area contributed by atoms with Crippen LogP contribution in [0.5, 0.6) is 0 Å². The van der Waals surface area contributed by atoms with Gasteiger partial charge in [-0.1, -0.05) is 5.16 Å². The van der Waals surface area contributed by atoms with Crippen molar-refractivity contribution in [2.24, 2.45) is 0 Å². The molecule has 0 saturated heterocycles. The third-order valence-corrected chi connectivity index (χ3v) is 1.19. The third kappa shape index (κ3) is 3.06. The molecule has 0 saturated carbocycles. The number of rotatable bonds is 3. The molecule has 1 heterocycles. The molecule has 1 rings (SSSR count). The molecule has 0 aliphatic carbocycles. The van der Waals surface area contributed by atoms with Crippen molar-refractivity contribution in [2.45, 2.75) is 13.8 Å². The Morgan fingerprint density at radius 3 is 3.00 bits per heavy atom. The average Bonchev–Trinajstić information content (AvgIpc) is 2.49. The van der Waals surface area contributed by atoms with Gasteiger partial charge in [0.05, 0.1) is 6.61 Å². The Labute approximate surface area is 75.4 Å². The van der Waals surface area contributed by atoms with Gasteiger partial charge in [-0.25, -0.2) is 4.79 Å². The number of hydrogen-bond acceptors (Lipinski definition) is 5. The summed E-state index contributed by atoms with van der Waals surface area (Å²) in [5.41, 5.74) is 0. The molecule has 0 N–H and O–H groups in total. The summed E-state index contributed by atoms with van der Waals surface area (Å²) in [4.78, 5) is 14.7. The maximum Gasteiger partial charge on any atom is 0.330 e. The van der Waals surface area contributed by atoms with Crippen LogP contribution < -0.4 is 0 Å². The lowest BCUT2D eigenvalue weighted by molar-refractivity contribution is -0.137. The van der Waals surface area contributed by atoms with Gasteiger partial charge in [-0.15, -0.1) is 0 Å². The standard InChI is InChI=1S/C8H10N2O3/c1-3-12-8(11)5-4-7-9-6(2)10-13-7/h4-5H,3H2,1-2H3/b5-4+. The zero-order chi connectivity index (χ0) is 9.68. The number of hydrogen-bond donors (Lipinski definition) is 0. The van der Waals surface area contributed by atoms with Crippen LogP contribution in [0.4, 0.5) is 0 Å². The second-order valence-corrected chi connectivity index (χ2v) is 2.27. The predicted octanol–water partition coefficient (Wildman–Crippen LogP) is 0.954. The molecule has 5 nitrogen and oxygen atoms in total. The van der Waals surface area contributed by atoms with E-state index in [1.54, 1.807) is 13.8 Å². The first-order valence-corrected chi connectivity index (χ1v) is 3.87. The van der Waals surface area contributed by atoms with E-state index >= 15 is 0 Å². The largest absolute Gasteiger partial charge is 0.463 e. The van der Waals surface area contributed by atoms with Gasteiger partial charge in [-0.05, 0) is 13.8 Å². The maximum absolute atomic E-state index is 10.8. The summed E-state index contributed by atoms with van der Waals surface area (Å²) < 4.78 is 9.39. The fourth-order valence-corrected chi connectivity index (χ4v) is 0.711. The van der Waals surface area contributed by atoms with E-state index in [-0.39, 0.29) is 0 Å². The molecule has 0 unspecified atom stereocenters. The van der Waals surface area contributed by atoms with Crippen molar-refractivity contribution in [3.8, 4) is 0 Å². The van der Waals surface area contributed by atoms with Crippen molar-refractivity contribution in [2.75, 3.05) is 6.61 Å². The van der Waals surface area contributed by atoms with Crippen molar-refractivity contribution in [1.29, 1.82) is 0 Å². The molecule has 5 heteroatoms. The van der Waals surface area contributed by atoms with Crippen LogP contribution in [0.3, 0.4) is 0 Å². The summed E-state index contributed by atoms with van der Waals surface area (Å²) in [6, 6.07) is 0.